The van der Waals surface area contributed by atoms with Gasteiger partial charge in [0.25, 0.3) is 5.91 Å². The van der Waals surface area contributed by atoms with E-state index in [0.29, 0.717) is 17.9 Å². The second-order valence-electron chi connectivity index (χ2n) is 8.76. The quantitative estimate of drug-likeness (QED) is 0.560. The van der Waals surface area contributed by atoms with Crippen LogP contribution in [0.2, 0.25) is 0 Å². The van der Waals surface area contributed by atoms with Crippen LogP contribution in [-0.2, 0) is 6.18 Å². The average Bonchev–Trinajstić information content (AvgIpc) is 2.86. The molecule has 0 bridgehead atoms. The highest BCUT2D eigenvalue weighted by atomic mass is 19.4. The van der Waals surface area contributed by atoms with Crippen LogP contribution < -0.4 is 15.0 Å². The minimum atomic E-state index is -4.50. The number of rotatable bonds is 9. The normalized spacial score (nSPS) is 16.6. The maximum Gasteiger partial charge on any atom is 0.421 e. The maximum absolute atomic E-state index is 13.2. The number of methoxy groups -OCH3 is 1. The summed E-state index contributed by atoms with van der Waals surface area (Å²) in [6, 6.07) is 6.45. The van der Waals surface area contributed by atoms with E-state index in [1.54, 1.807) is 12.3 Å². The molecule has 0 aliphatic carbocycles. The fourth-order valence-corrected chi connectivity index (χ4v) is 4.49. The van der Waals surface area contributed by atoms with Crippen molar-refractivity contribution in [2.45, 2.75) is 51.7 Å². The minimum absolute atomic E-state index is 0.0326. The van der Waals surface area contributed by atoms with E-state index in [4.69, 9.17) is 4.74 Å². The zero-order chi connectivity index (χ0) is 25.6. The van der Waals surface area contributed by atoms with Crippen molar-refractivity contribution in [1.82, 2.24) is 20.2 Å². The van der Waals surface area contributed by atoms with Gasteiger partial charge >= 0.3 is 6.18 Å². The van der Waals surface area contributed by atoms with Crippen LogP contribution in [-0.4, -0.2) is 66.7 Å². The molecule has 3 rings (SSSR count). The van der Waals surface area contributed by atoms with Crippen LogP contribution in [0.15, 0.2) is 30.5 Å². The van der Waals surface area contributed by atoms with Crippen molar-refractivity contribution in [3.8, 4) is 5.88 Å². The van der Waals surface area contributed by atoms with E-state index in [2.05, 4.69) is 32.0 Å². The molecule has 0 radical (unpaired) electrons. The number of carbonyl (C=O) groups excluding carboxylic acids is 1. The zero-order valence-electron chi connectivity index (χ0n) is 20.7. The molecule has 0 aromatic carbocycles. The fourth-order valence-electron chi connectivity index (χ4n) is 4.49. The van der Waals surface area contributed by atoms with Gasteiger partial charge in [0.1, 0.15) is 11.3 Å². The summed E-state index contributed by atoms with van der Waals surface area (Å²) >= 11 is 0. The van der Waals surface area contributed by atoms with Crippen molar-refractivity contribution in [3.05, 3.63) is 47.4 Å². The van der Waals surface area contributed by atoms with Gasteiger partial charge in [0, 0.05) is 50.4 Å². The van der Waals surface area contributed by atoms with Crippen molar-refractivity contribution >= 4 is 11.6 Å². The molecule has 2 atom stereocenters. The number of pyridine rings is 2. The molecule has 2 aromatic rings. The average molecular weight is 494 g/mol. The maximum atomic E-state index is 13.2. The van der Waals surface area contributed by atoms with Gasteiger partial charge in [-0.25, -0.2) is 9.97 Å². The molecule has 2 unspecified atom stereocenters. The number of hydrogen-bond acceptors (Lipinski definition) is 6. The van der Waals surface area contributed by atoms with Crippen molar-refractivity contribution in [2.75, 3.05) is 44.7 Å². The number of nitrogens with one attached hydrogen (secondary N) is 1. The molecule has 1 saturated heterocycles. The van der Waals surface area contributed by atoms with Crippen LogP contribution in [0.4, 0.5) is 18.9 Å². The van der Waals surface area contributed by atoms with E-state index in [1.807, 2.05) is 19.9 Å². The van der Waals surface area contributed by atoms with Crippen LogP contribution >= 0.6 is 0 Å². The standard InChI is InChI=1S/C25H34F3N5O2/c1-5-18(21-10-8-20(25(26,27)28)24(31-21)35-4)15-17(3)32-11-13-33(14-12-32)19-7-9-22(30-16-19)23(34)29-6-2/h7-10,16-18H,5-6,11-15H2,1-4H3,(H,29,34). The van der Waals surface area contributed by atoms with Crippen molar-refractivity contribution in [1.29, 1.82) is 0 Å². The predicted molar refractivity (Wildman–Crippen MR) is 129 cm³/mol. The second-order valence-corrected chi connectivity index (χ2v) is 8.76. The predicted octanol–water partition coefficient (Wildman–Crippen LogP) is 4.35. The molecule has 1 aliphatic heterocycles. The van der Waals surface area contributed by atoms with Crippen molar-refractivity contribution in [3.63, 3.8) is 0 Å². The van der Waals surface area contributed by atoms with Gasteiger partial charge in [-0.3, -0.25) is 9.69 Å². The van der Waals surface area contributed by atoms with Gasteiger partial charge in [-0.2, -0.15) is 13.2 Å². The summed E-state index contributed by atoms with van der Waals surface area (Å²) in [4.78, 5) is 25.1. The highest BCUT2D eigenvalue weighted by Gasteiger charge is 2.36. The van der Waals surface area contributed by atoms with E-state index in [9.17, 15) is 18.0 Å². The van der Waals surface area contributed by atoms with E-state index in [-0.39, 0.29) is 23.7 Å². The van der Waals surface area contributed by atoms with Crippen molar-refractivity contribution in [2.24, 2.45) is 0 Å². The molecule has 3 heterocycles. The molecule has 1 amide bonds. The Morgan fingerprint density at radius 2 is 1.86 bits per heavy atom. The number of amides is 1. The number of hydrogen-bond donors (Lipinski definition) is 1. The number of anilines is 1. The number of nitrogens with zero attached hydrogens (tertiary/aromatic N) is 4. The first-order chi connectivity index (χ1) is 16.7. The summed E-state index contributed by atoms with van der Waals surface area (Å²) in [5.74, 6) is -0.518. The highest BCUT2D eigenvalue weighted by Crippen LogP contribution is 2.37. The number of halogens is 3. The fraction of sp³-hybridized carbons (Fsp3) is 0.560. The summed E-state index contributed by atoms with van der Waals surface area (Å²) in [6.07, 6.45) is -1.19. The van der Waals surface area contributed by atoms with Crippen LogP contribution in [0.1, 0.15) is 61.3 Å². The van der Waals surface area contributed by atoms with Gasteiger partial charge in [0.2, 0.25) is 5.88 Å². The van der Waals surface area contributed by atoms with Crippen LogP contribution in [0.25, 0.3) is 0 Å². The lowest BCUT2D eigenvalue weighted by Gasteiger charge is -2.40. The lowest BCUT2D eigenvalue weighted by atomic mass is 9.92. The summed E-state index contributed by atoms with van der Waals surface area (Å²) in [5, 5.41) is 2.74. The Kier molecular flexibility index (Phi) is 8.93. The number of alkyl halides is 3. The van der Waals surface area contributed by atoms with E-state index in [0.717, 1.165) is 50.8 Å². The number of carbonyl (C=O) groups is 1. The Morgan fingerprint density at radius 3 is 2.40 bits per heavy atom. The summed E-state index contributed by atoms with van der Waals surface area (Å²) in [7, 11) is 1.22. The smallest absolute Gasteiger partial charge is 0.421 e. The van der Waals surface area contributed by atoms with E-state index < -0.39 is 11.7 Å². The molecule has 7 nitrogen and oxygen atoms in total. The van der Waals surface area contributed by atoms with Gasteiger partial charge in [-0.15, -0.1) is 0 Å². The van der Waals surface area contributed by atoms with E-state index >= 15 is 0 Å². The van der Waals surface area contributed by atoms with Crippen LogP contribution in [0.3, 0.4) is 0 Å². The van der Waals surface area contributed by atoms with E-state index in [1.165, 1.54) is 13.2 Å². The monoisotopic (exact) mass is 493 g/mol. The molecular weight excluding hydrogens is 459 g/mol. The first-order valence-corrected chi connectivity index (χ1v) is 12.0. The SMILES string of the molecule is CCNC(=O)c1ccc(N2CCN(C(C)CC(CC)c3ccc(C(F)(F)F)c(OC)n3)CC2)cn1. The number of ether oxygens (including phenoxy) is 1. The van der Waals surface area contributed by atoms with Gasteiger partial charge in [-0.05, 0) is 51.0 Å². The van der Waals surface area contributed by atoms with Crippen molar-refractivity contribution < 1.29 is 22.7 Å². The minimum Gasteiger partial charge on any atom is -0.481 e. The van der Waals surface area contributed by atoms with Gasteiger partial charge < -0.3 is 15.0 Å². The third-order valence-corrected chi connectivity index (χ3v) is 6.54. The lowest BCUT2D eigenvalue weighted by Crippen LogP contribution is -2.50. The van der Waals surface area contributed by atoms with Crippen LogP contribution in [0, 0.1) is 0 Å². The topological polar surface area (TPSA) is 70.6 Å². The van der Waals surface area contributed by atoms with Crippen LogP contribution in [0.5, 0.6) is 5.88 Å². The molecule has 35 heavy (non-hydrogen) atoms. The Hall–Kier alpha value is -2.88. The zero-order valence-corrected chi connectivity index (χ0v) is 20.7. The Labute approximate surface area is 204 Å². The molecule has 0 spiro atoms. The van der Waals surface area contributed by atoms with Gasteiger partial charge in [-0.1, -0.05) is 6.92 Å². The molecular formula is C25H34F3N5O2. The molecule has 10 heteroatoms. The molecule has 2 aromatic heterocycles. The first kappa shape index (κ1) is 26.7. The highest BCUT2D eigenvalue weighted by molar-refractivity contribution is 5.92. The summed E-state index contributed by atoms with van der Waals surface area (Å²) < 4.78 is 44.5. The second kappa shape index (κ2) is 11.7. The number of aromatic nitrogens is 2. The van der Waals surface area contributed by atoms with Gasteiger partial charge in [0.05, 0.1) is 19.0 Å². The summed E-state index contributed by atoms with van der Waals surface area (Å²) in [6.45, 7) is 9.99. The first-order valence-electron chi connectivity index (χ1n) is 12.0. The van der Waals surface area contributed by atoms with Gasteiger partial charge in [0.15, 0.2) is 0 Å². The number of piperazine rings is 1. The Balaban J connectivity index is 1.59. The molecule has 1 aliphatic rings. The third kappa shape index (κ3) is 6.62. The molecule has 0 saturated carbocycles. The third-order valence-electron chi connectivity index (χ3n) is 6.54. The molecule has 1 N–H and O–H groups in total. The largest absolute Gasteiger partial charge is 0.481 e. The molecule has 192 valence electrons. The Bertz CT molecular complexity index is 976. The Morgan fingerprint density at radius 1 is 1.14 bits per heavy atom. The molecule has 1 fully saturated rings. The lowest BCUT2D eigenvalue weighted by molar-refractivity contribution is -0.139. The summed E-state index contributed by atoms with van der Waals surface area (Å²) in [5.41, 5.74) is 1.16.